The molecule has 9 heteroatoms. The van der Waals surface area contributed by atoms with Gasteiger partial charge in [0.15, 0.2) is 0 Å². The van der Waals surface area contributed by atoms with E-state index in [-0.39, 0.29) is 11.1 Å². The highest BCUT2D eigenvalue weighted by molar-refractivity contribution is 6.23. The molecule has 0 bridgehead atoms. The Morgan fingerprint density at radius 3 is 2.15 bits per heavy atom. The molecule has 0 fully saturated rings. The highest BCUT2D eigenvalue weighted by Crippen LogP contribution is 2.38. The molecule has 0 aromatic rings. The number of hydrazone groups is 1. The van der Waals surface area contributed by atoms with Gasteiger partial charge in [0.2, 0.25) is 5.84 Å². The molecule has 0 unspecified atom stereocenters. The topological polar surface area (TPSA) is 27.6 Å². The molecule has 1 rings (SSSR count). The second-order valence-electron chi connectivity index (χ2n) is 2.19. The number of rotatable bonds is 1. The molecule has 1 aliphatic heterocycles. The Kier molecular flexibility index (Phi) is 2.27. The quantitative estimate of drug-likeness (QED) is 0.539. The van der Waals surface area contributed by atoms with E-state index in [0.717, 1.165) is 0 Å². The molecule has 0 aromatic carbocycles. The average molecular weight is 224 g/mol. The zero-order chi connectivity index (χ0) is 10.3. The zero-order valence-corrected chi connectivity index (χ0v) is 6.63. The van der Waals surface area contributed by atoms with Crippen molar-refractivity contribution in [1.29, 1.82) is 0 Å². The maximum Gasteiger partial charge on any atom is 0.461 e. The Morgan fingerprint density at radius 2 is 1.85 bits per heavy atom. The maximum atomic E-state index is 12.5. The van der Waals surface area contributed by atoms with Crippen LogP contribution in [-0.2, 0) is 0 Å². The summed E-state index contributed by atoms with van der Waals surface area (Å²) in [6.07, 6.45) is -5.69. The third kappa shape index (κ3) is 1.62. The first-order valence-corrected chi connectivity index (χ1v) is 3.29. The first-order chi connectivity index (χ1) is 5.77. The molecular weight excluding hydrogens is 221 g/mol. The molecule has 0 amide bonds. The van der Waals surface area contributed by atoms with Gasteiger partial charge in [0.05, 0.1) is 0 Å². The number of hydrogen-bond donors (Lipinski definition) is 1. The van der Waals surface area contributed by atoms with Gasteiger partial charge in [-0.25, -0.2) is 4.42 Å². The molecule has 0 radical (unpaired) electrons. The Labute approximate surface area is 74.2 Å². The Balaban J connectivity index is 2.93. The normalized spacial score (nSPS) is 18.6. The summed E-state index contributed by atoms with van der Waals surface area (Å²) in [5.74, 6) is -6.57. The Morgan fingerprint density at radius 1 is 1.31 bits per heavy atom. The van der Waals surface area contributed by atoms with Crippen LogP contribution < -0.4 is 5.43 Å². The lowest BCUT2D eigenvalue weighted by atomic mass is 10.3. The van der Waals surface area contributed by atoms with Gasteiger partial charge in [0, 0.05) is 11.8 Å². The molecule has 0 atom stereocenters. The van der Waals surface area contributed by atoms with E-state index in [2.05, 4.69) is 5.10 Å². The van der Waals surface area contributed by atoms with Crippen LogP contribution in [0.3, 0.4) is 0 Å². The molecule has 0 saturated carbocycles. The van der Waals surface area contributed by atoms with Crippen molar-refractivity contribution in [2.24, 2.45) is 5.10 Å². The fourth-order valence-electron chi connectivity index (χ4n) is 0.651. The fourth-order valence-corrected chi connectivity index (χ4v) is 0.848. The first kappa shape index (κ1) is 10.3. The summed E-state index contributed by atoms with van der Waals surface area (Å²) in [6, 6.07) is 0. The minimum atomic E-state index is -5.69. The summed E-state index contributed by atoms with van der Waals surface area (Å²) in [4.78, 5) is 0. The first-order valence-electron chi connectivity index (χ1n) is 2.95. The number of amidine groups is 1. The van der Waals surface area contributed by atoms with Crippen LogP contribution in [0.5, 0.6) is 0 Å². The zero-order valence-electron chi connectivity index (χ0n) is 5.87. The van der Waals surface area contributed by atoms with E-state index < -0.39 is 17.9 Å². The van der Waals surface area contributed by atoms with Gasteiger partial charge in [-0.05, 0) is 0 Å². The fraction of sp³-hybridized carbons (Fsp3) is 0.750. The summed E-state index contributed by atoms with van der Waals surface area (Å²) in [5, 5.41) is 2.75. The second kappa shape index (κ2) is 2.86. The number of nitrogens with one attached hydrogen (secondary N) is 1. The van der Waals surface area contributed by atoms with Gasteiger partial charge in [-0.3, -0.25) is 5.43 Å². The van der Waals surface area contributed by atoms with Crippen LogP contribution in [0.2, 0.25) is 0 Å². The predicted octanol–water partition coefficient (Wildman–Crippen LogP) is 1.51. The van der Waals surface area contributed by atoms with Crippen LogP contribution in [0.1, 0.15) is 0 Å². The number of hydrogen-bond acceptors (Lipinski definition) is 3. The molecule has 76 valence electrons. The molecule has 0 spiro atoms. The van der Waals surface area contributed by atoms with Gasteiger partial charge in [0.1, 0.15) is 6.67 Å². The lowest BCUT2D eigenvalue weighted by Gasteiger charge is -2.21. The molecular formula is C4H3ClF5N3. The van der Waals surface area contributed by atoms with Crippen molar-refractivity contribution >= 4 is 17.6 Å². The van der Waals surface area contributed by atoms with Crippen molar-refractivity contribution in [2.75, 3.05) is 6.67 Å². The lowest BCUT2D eigenvalue weighted by molar-refractivity contribution is -0.251. The number of alkyl halides is 5. The van der Waals surface area contributed by atoms with Crippen LogP contribution in [0.15, 0.2) is 5.10 Å². The predicted molar refractivity (Wildman–Crippen MR) is 34.1 cm³/mol. The van der Waals surface area contributed by atoms with Crippen molar-refractivity contribution in [3.63, 3.8) is 0 Å². The van der Waals surface area contributed by atoms with E-state index in [0.29, 0.717) is 0 Å². The van der Waals surface area contributed by atoms with Crippen molar-refractivity contribution < 1.29 is 22.0 Å². The summed E-state index contributed by atoms with van der Waals surface area (Å²) < 4.78 is 60.2. The van der Waals surface area contributed by atoms with Crippen molar-refractivity contribution in [3.05, 3.63) is 0 Å². The highest BCUT2D eigenvalue weighted by atomic mass is 35.5. The SMILES string of the molecule is FC(F)(F)C(F)(F)C1=NNCN1Cl. The van der Waals surface area contributed by atoms with Gasteiger partial charge in [-0.2, -0.15) is 27.1 Å². The molecule has 1 N–H and O–H groups in total. The van der Waals surface area contributed by atoms with E-state index in [1.807, 2.05) is 5.43 Å². The molecule has 0 aromatic heterocycles. The highest BCUT2D eigenvalue weighted by Gasteiger charge is 2.63. The monoisotopic (exact) mass is 223 g/mol. The summed E-state index contributed by atoms with van der Waals surface area (Å²) >= 11 is 5.03. The van der Waals surface area contributed by atoms with Crippen LogP contribution >= 0.6 is 11.8 Å². The van der Waals surface area contributed by atoms with Crippen LogP contribution in [-0.4, -0.2) is 29.0 Å². The van der Waals surface area contributed by atoms with Crippen LogP contribution in [0, 0.1) is 0 Å². The van der Waals surface area contributed by atoms with E-state index in [1.54, 1.807) is 0 Å². The number of nitrogens with zero attached hydrogens (tertiary/aromatic N) is 2. The second-order valence-corrected chi connectivity index (χ2v) is 2.59. The molecule has 3 nitrogen and oxygen atoms in total. The number of halogens is 6. The van der Waals surface area contributed by atoms with E-state index in [9.17, 15) is 22.0 Å². The summed E-state index contributed by atoms with van der Waals surface area (Å²) in [6.45, 7) is -0.386. The standard InChI is InChI=1S/C4H3ClF5N3/c5-13-1-11-12-2(13)3(6,7)4(8,9)10/h11H,1H2. The summed E-state index contributed by atoms with van der Waals surface area (Å²) in [5.41, 5.74) is 1.90. The van der Waals surface area contributed by atoms with Crippen molar-refractivity contribution in [1.82, 2.24) is 9.84 Å². The molecule has 13 heavy (non-hydrogen) atoms. The van der Waals surface area contributed by atoms with Crippen molar-refractivity contribution in [2.45, 2.75) is 12.1 Å². The molecule has 0 saturated heterocycles. The molecule has 1 aliphatic rings. The van der Waals surface area contributed by atoms with E-state index >= 15 is 0 Å². The van der Waals surface area contributed by atoms with Gasteiger partial charge in [-0.15, -0.1) is 0 Å². The van der Waals surface area contributed by atoms with Crippen LogP contribution in [0.25, 0.3) is 0 Å². The van der Waals surface area contributed by atoms with Crippen LogP contribution in [0.4, 0.5) is 22.0 Å². The Hall–Kier alpha value is -0.790. The minimum absolute atomic E-state index is 0.174. The van der Waals surface area contributed by atoms with E-state index in [4.69, 9.17) is 11.8 Å². The largest absolute Gasteiger partial charge is 0.461 e. The molecule has 0 aliphatic carbocycles. The molecule has 1 heterocycles. The lowest BCUT2D eigenvalue weighted by Crippen LogP contribution is -2.48. The smallest absolute Gasteiger partial charge is 0.287 e. The van der Waals surface area contributed by atoms with Gasteiger partial charge >= 0.3 is 12.1 Å². The minimum Gasteiger partial charge on any atom is -0.287 e. The summed E-state index contributed by atoms with van der Waals surface area (Å²) in [7, 11) is 0. The van der Waals surface area contributed by atoms with Gasteiger partial charge in [-0.1, -0.05) is 0 Å². The van der Waals surface area contributed by atoms with Gasteiger partial charge in [0.25, 0.3) is 0 Å². The van der Waals surface area contributed by atoms with Crippen molar-refractivity contribution in [3.8, 4) is 0 Å². The maximum absolute atomic E-state index is 12.5. The average Bonchev–Trinajstić information content (AvgIpc) is 2.32. The third-order valence-corrected chi connectivity index (χ3v) is 1.54. The third-order valence-electron chi connectivity index (χ3n) is 1.26. The Bertz CT molecular complexity index is 236. The van der Waals surface area contributed by atoms with Gasteiger partial charge < -0.3 is 0 Å². The van der Waals surface area contributed by atoms with E-state index in [1.165, 1.54) is 0 Å².